The average Bonchev–Trinajstić information content (AvgIpc) is 2.68. The maximum absolute atomic E-state index is 6.50. The Balaban J connectivity index is 1.73. The van der Waals surface area contributed by atoms with Crippen molar-refractivity contribution in [3.63, 3.8) is 0 Å². The monoisotopic (exact) mass is 479 g/mol. The zero-order chi connectivity index (χ0) is 19.9. The summed E-state index contributed by atoms with van der Waals surface area (Å²) in [5.74, 6) is 1.18. The van der Waals surface area contributed by atoms with E-state index in [1.54, 1.807) is 0 Å². The van der Waals surface area contributed by atoms with E-state index in [4.69, 9.17) is 32.7 Å². The van der Waals surface area contributed by atoms with Crippen molar-refractivity contribution in [3.05, 3.63) is 86.3 Å². The molecule has 0 fully saturated rings. The Morgan fingerprint density at radius 2 is 1.61 bits per heavy atom. The predicted molar refractivity (Wildman–Crippen MR) is 120 cm³/mol. The molecule has 28 heavy (non-hydrogen) atoms. The average molecular weight is 481 g/mol. The number of hydrogen-bond acceptors (Lipinski definition) is 3. The van der Waals surface area contributed by atoms with Crippen LogP contribution in [-0.2, 0) is 13.2 Å². The third-order valence-corrected chi connectivity index (χ3v) is 5.07. The first-order chi connectivity index (χ1) is 13.5. The molecule has 0 spiro atoms. The molecule has 0 aliphatic carbocycles. The minimum absolute atomic E-state index is 0.382. The molecule has 0 saturated carbocycles. The molecule has 0 atom stereocenters. The second kappa shape index (κ2) is 10.1. The van der Waals surface area contributed by atoms with Crippen LogP contribution in [0, 0.1) is 0 Å². The predicted octanol–water partition coefficient (Wildman–Crippen LogP) is 7.35. The summed E-state index contributed by atoms with van der Waals surface area (Å²) < 4.78 is 12.8. The van der Waals surface area contributed by atoms with Crippen LogP contribution < -0.4 is 14.8 Å². The van der Waals surface area contributed by atoms with E-state index in [1.807, 2.05) is 67.6 Å². The summed E-state index contributed by atoms with van der Waals surface area (Å²) in [6.45, 7) is 3.47. The Morgan fingerprint density at radius 3 is 2.29 bits per heavy atom. The molecular weight excluding hydrogens is 461 g/mol. The lowest BCUT2D eigenvalue weighted by molar-refractivity contribution is 0.269. The van der Waals surface area contributed by atoms with E-state index < -0.39 is 0 Å². The molecule has 0 saturated heterocycles. The standard InChI is InChI=1S/C22H20BrCl2NO2/c1-2-27-21-12-16(13-26-19-9-5-17(23)6-10-19)11-20(25)22(21)28-14-15-3-7-18(24)8-4-15/h3-12,26H,2,13-14H2,1H3. The van der Waals surface area contributed by atoms with Crippen molar-refractivity contribution in [1.82, 2.24) is 0 Å². The fraction of sp³-hybridized carbons (Fsp3) is 0.182. The van der Waals surface area contributed by atoms with Gasteiger partial charge < -0.3 is 14.8 Å². The number of rotatable bonds is 8. The number of hydrogen-bond donors (Lipinski definition) is 1. The van der Waals surface area contributed by atoms with Crippen LogP contribution in [0.25, 0.3) is 0 Å². The second-order valence-electron chi connectivity index (χ2n) is 6.11. The smallest absolute Gasteiger partial charge is 0.180 e. The van der Waals surface area contributed by atoms with Gasteiger partial charge in [0.1, 0.15) is 6.61 Å². The topological polar surface area (TPSA) is 30.5 Å². The van der Waals surface area contributed by atoms with Crippen LogP contribution in [0.1, 0.15) is 18.1 Å². The third kappa shape index (κ3) is 5.81. The lowest BCUT2D eigenvalue weighted by Crippen LogP contribution is -2.04. The number of benzene rings is 3. The van der Waals surface area contributed by atoms with Gasteiger partial charge in [0.15, 0.2) is 11.5 Å². The molecule has 0 bridgehead atoms. The van der Waals surface area contributed by atoms with Gasteiger partial charge in [0.2, 0.25) is 0 Å². The number of ether oxygens (including phenoxy) is 2. The van der Waals surface area contributed by atoms with E-state index in [-0.39, 0.29) is 0 Å². The lowest BCUT2D eigenvalue weighted by atomic mass is 10.2. The fourth-order valence-electron chi connectivity index (χ4n) is 2.63. The number of halogens is 3. The van der Waals surface area contributed by atoms with Gasteiger partial charge in [-0.2, -0.15) is 0 Å². The van der Waals surface area contributed by atoms with Crippen molar-refractivity contribution in [1.29, 1.82) is 0 Å². The van der Waals surface area contributed by atoms with E-state index in [0.29, 0.717) is 41.3 Å². The Bertz CT molecular complexity index is 915. The molecule has 146 valence electrons. The molecule has 0 aliphatic heterocycles. The van der Waals surface area contributed by atoms with Gasteiger partial charge in [0.25, 0.3) is 0 Å². The third-order valence-electron chi connectivity index (χ3n) is 4.01. The van der Waals surface area contributed by atoms with Crippen molar-refractivity contribution in [2.24, 2.45) is 0 Å². The summed E-state index contributed by atoms with van der Waals surface area (Å²) in [5, 5.41) is 4.59. The number of anilines is 1. The highest BCUT2D eigenvalue weighted by Crippen LogP contribution is 2.37. The van der Waals surface area contributed by atoms with Crippen LogP contribution in [-0.4, -0.2) is 6.61 Å². The van der Waals surface area contributed by atoms with Gasteiger partial charge in [-0.25, -0.2) is 0 Å². The van der Waals surface area contributed by atoms with E-state index >= 15 is 0 Å². The summed E-state index contributed by atoms with van der Waals surface area (Å²) in [6, 6.07) is 19.4. The normalized spacial score (nSPS) is 10.6. The number of nitrogens with one attached hydrogen (secondary N) is 1. The lowest BCUT2D eigenvalue weighted by Gasteiger charge is -2.16. The summed E-state index contributed by atoms with van der Waals surface area (Å²) >= 11 is 15.9. The Kier molecular flexibility index (Phi) is 7.49. The van der Waals surface area contributed by atoms with Crippen molar-refractivity contribution < 1.29 is 9.47 Å². The maximum Gasteiger partial charge on any atom is 0.180 e. The van der Waals surface area contributed by atoms with E-state index in [9.17, 15) is 0 Å². The van der Waals surface area contributed by atoms with E-state index in [1.165, 1.54) is 0 Å². The summed E-state index contributed by atoms with van der Waals surface area (Å²) in [6.07, 6.45) is 0. The highest BCUT2D eigenvalue weighted by Gasteiger charge is 2.13. The summed E-state index contributed by atoms with van der Waals surface area (Å²) in [7, 11) is 0. The molecule has 3 rings (SSSR count). The van der Waals surface area contributed by atoms with Gasteiger partial charge in [-0.3, -0.25) is 0 Å². The molecule has 0 unspecified atom stereocenters. The van der Waals surface area contributed by atoms with Crippen molar-refractivity contribution in [2.45, 2.75) is 20.1 Å². The Labute approximate surface area is 183 Å². The Hall–Kier alpha value is -1.88. The second-order valence-corrected chi connectivity index (χ2v) is 7.87. The zero-order valence-electron chi connectivity index (χ0n) is 15.3. The molecular formula is C22H20BrCl2NO2. The Morgan fingerprint density at radius 1 is 0.893 bits per heavy atom. The minimum atomic E-state index is 0.382. The molecule has 1 N–H and O–H groups in total. The quantitative estimate of drug-likeness (QED) is 0.365. The van der Waals surface area contributed by atoms with Gasteiger partial charge in [0.05, 0.1) is 11.6 Å². The highest BCUT2D eigenvalue weighted by atomic mass is 79.9. The van der Waals surface area contributed by atoms with Crippen molar-refractivity contribution in [2.75, 3.05) is 11.9 Å². The van der Waals surface area contributed by atoms with Crippen molar-refractivity contribution >= 4 is 44.8 Å². The molecule has 3 aromatic rings. The minimum Gasteiger partial charge on any atom is -0.490 e. The molecule has 0 aliphatic rings. The fourth-order valence-corrected chi connectivity index (χ4v) is 3.31. The van der Waals surface area contributed by atoms with Crippen LogP contribution >= 0.6 is 39.1 Å². The van der Waals surface area contributed by atoms with Crippen LogP contribution in [0.15, 0.2) is 65.1 Å². The first kappa shape index (κ1) is 20.8. The summed E-state index contributed by atoms with van der Waals surface area (Å²) in [5.41, 5.74) is 3.04. The van der Waals surface area contributed by atoms with Crippen LogP contribution in [0.5, 0.6) is 11.5 Å². The largest absolute Gasteiger partial charge is 0.490 e. The van der Waals surface area contributed by atoms with Crippen LogP contribution in [0.3, 0.4) is 0 Å². The van der Waals surface area contributed by atoms with Gasteiger partial charge in [-0.1, -0.05) is 51.3 Å². The van der Waals surface area contributed by atoms with Crippen molar-refractivity contribution in [3.8, 4) is 11.5 Å². The molecule has 0 radical (unpaired) electrons. The van der Waals surface area contributed by atoms with Crippen LogP contribution in [0.4, 0.5) is 5.69 Å². The molecule has 3 nitrogen and oxygen atoms in total. The zero-order valence-corrected chi connectivity index (χ0v) is 18.4. The van der Waals surface area contributed by atoms with Gasteiger partial charge in [-0.05, 0) is 66.6 Å². The van der Waals surface area contributed by atoms with Gasteiger partial charge in [0, 0.05) is 21.7 Å². The van der Waals surface area contributed by atoms with E-state index in [0.717, 1.165) is 21.3 Å². The first-order valence-electron chi connectivity index (χ1n) is 8.87. The molecule has 0 aromatic heterocycles. The van der Waals surface area contributed by atoms with E-state index in [2.05, 4.69) is 21.2 Å². The molecule has 3 aromatic carbocycles. The van der Waals surface area contributed by atoms with Gasteiger partial charge >= 0.3 is 0 Å². The molecule has 6 heteroatoms. The molecule has 0 heterocycles. The van der Waals surface area contributed by atoms with Crippen LogP contribution in [0.2, 0.25) is 10.0 Å². The first-order valence-corrected chi connectivity index (χ1v) is 10.4. The SMILES string of the molecule is CCOc1cc(CNc2ccc(Br)cc2)cc(Cl)c1OCc1ccc(Cl)cc1. The van der Waals surface area contributed by atoms with Gasteiger partial charge in [-0.15, -0.1) is 0 Å². The molecule has 0 amide bonds. The highest BCUT2D eigenvalue weighted by molar-refractivity contribution is 9.10. The maximum atomic E-state index is 6.50. The summed E-state index contributed by atoms with van der Waals surface area (Å²) in [4.78, 5) is 0.